The van der Waals surface area contributed by atoms with Gasteiger partial charge in [0.2, 0.25) is 17.7 Å². The van der Waals surface area contributed by atoms with Crippen molar-refractivity contribution in [3.05, 3.63) is 47.5 Å². The number of carbonyl (C=O) groups is 5. The number of allylic oxidation sites excluding steroid dienone is 1. The molecule has 2 rings (SSSR count). The summed E-state index contributed by atoms with van der Waals surface area (Å²) in [7, 11) is 1.08. The molecule has 12 heteroatoms. The van der Waals surface area contributed by atoms with Crippen molar-refractivity contribution in [3.63, 3.8) is 0 Å². The SMILES string of the molecule is CCC(C)C/C=C/C(=O)N[C@@H](Cc1cc(F)cc(F)c1)C(=O)N[C@H](C(=O)OC)[C@H](C)OC(=O)C1CCCN1C(C)=O. The van der Waals surface area contributed by atoms with E-state index < -0.39 is 59.6 Å². The van der Waals surface area contributed by atoms with E-state index in [1.54, 1.807) is 6.08 Å². The summed E-state index contributed by atoms with van der Waals surface area (Å²) in [5.41, 5.74) is 0.0891. The summed E-state index contributed by atoms with van der Waals surface area (Å²) in [5.74, 6) is -4.83. The molecule has 1 heterocycles. The highest BCUT2D eigenvalue weighted by molar-refractivity contribution is 5.94. The third-order valence-corrected chi connectivity index (χ3v) is 6.95. The fourth-order valence-electron chi connectivity index (χ4n) is 4.43. The molecular weight excluding hydrogens is 540 g/mol. The number of esters is 2. The van der Waals surface area contributed by atoms with Gasteiger partial charge in [0.05, 0.1) is 7.11 Å². The Hall–Kier alpha value is -3.83. The summed E-state index contributed by atoms with van der Waals surface area (Å²) in [5, 5.41) is 4.95. The fourth-order valence-corrected chi connectivity index (χ4v) is 4.43. The van der Waals surface area contributed by atoms with Crippen LogP contribution in [-0.4, -0.2) is 72.4 Å². The minimum atomic E-state index is -1.48. The molecule has 10 nitrogen and oxygen atoms in total. The van der Waals surface area contributed by atoms with E-state index in [1.165, 1.54) is 24.8 Å². The number of rotatable bonds is 13. The van der Waals surface area contributed by atoms with Crippen LogP contribution in [0.3, 0.4) is 0 Å². The highest BCUT2D eigenvalue weighted by Crippen LogP contribution is 2.20. The number of carbonyl (C=O) groups excluding carboxylic acids is 5. The zero-order chi connectivity index (χ0) is 30.7. The van der Waals surface area contributed by atoms with Crippen molar-refractivity contribution in [2.75, 3.05) is 13.7 Å². The predicted octanol–water partition coefficient (Wildman–Crippen LogP) is 2.58. The Kier molecular flexibility index (Phi) is 12.9. The second-order valence-corrected chi connectivity index (χ2v) is 10.2. The number of benzene rings is 1. The lowest BCUT2D eigenvalue weighted by Gasteiger charge is -2.28. The number of methoxy groups -OCH3 is 1. The number of nitrogens with one attached hydrogen (secondary N) is 2. The van der Waals surface area contributed by atoms with Gasteiger partial charge in [-0.15, -0.1) is 0 Å². The van der Waals surface area contributed by atoms with Gasteiger partial charge >= 0.3 is 11.9 Å². The molecule has 2 unspecified atom stereocenters. The molecule has 2 N–H and O–H groups in total. The van der Waals surface area contributed by atoms with Crippen LogP contribution < -0.4 is 10.6 Å². The van der Waals surface area contributed by atoms with E-state index in [9.17, 15) is 32.8 Å². The molecule has 226 valence electrons. The molecule has 1 aliphatic rings. The van der Waals surface area contributed by atoms with E-state index >= 15 is 0 Å². The Labute approximate surface area is 238 Å². The molecule has 5 atom stereocenters. The molecule has 1 aliphatic heterocycles. The molecule has 0 spiro atoms. The highest BCUT2D eigenvalue weighted by atomic mass is 19.1. The average molecular weight is 580 g/mol. The largest absolute Gasteiger partial charge is 0.467 e. The average Bonchev–Trinajstić information content (AvgIpc) is 3.41. The van der Waals surface area contributed by atoms with Crippen LogP contribution in [0.2, 0.25) is 0 Å². The molecule has 0 radical (unpaired) electrons. The van der Waals surface area contributed by atoms with Gasteiger partial charge in [0.25, 0.3) is 0 Å². The van der Waals surface area contributed by atoms with Gasteiger partial charge in [-0.3, -0.25) is 14.4 Å². The second kappa shape index (κ2) is 15.8. The number of ether oxygens (including phenoxy) is 2. The lowest BCUT2D eigenvalue weighted by Crippen LogP contribution is -2.56. The van der Waals surface area contributed by atoms with Gasteiger partial charge in [0.1, 0.15) is 29.8 Å². The molecule has 0 aliphatic carbocycles. The van der Waals surface area contributed by atoms with Crippen LogP contribution in [0, 0.1) is 17.6 Å². The van der Waals surface area contributed by atoms with Gasteiger partial charge in [-0.05, 0) is 55.9 Å². The Morgan fingerprint density at radius 2 is 1.76 bits per heavy atom. The van der Waals surface area contributed by atoms with Crippen molar-refractivity contribution < 1.29 is 42.2 Å². The van der Waals surface area contributed by atoms with Gasteiger partial charge in [0, 0.05) is 26.0 Å². The van der Waals surface area contributed by atoms with Gasteiger partial charge < -0.3 is 25.0 Å². The van der Waals surface area contributed by atoms with Crippen LogP contribution >= 0.6 is 0 Å². The van der Waals surface area contributed by atoms with Gasteiger partial charge in [0.15, 0.2) is 6.04 Å². The molecule has 1 aromatic carbocycles. The first-order valence-electron chi connectivity index (χ1n) is 13.6. The van der Waals surface area contributed by atoms with Crippen molar-refractivity contribution in [2.45, 2.75) is 84.0 Å². The first-order chi connectivity index (χ1) is 19.4. The third kappa shape index (κ3) is 10.3. The van der Waals surface area contributed by atoms with E-state index in [2.05, 4.69) is 10.6 Å². The molecule has 1 fully saturated rings. The molecule has 0 aromatic heterocycles. The standard InChI is InChI=1S/C29H39F2N3O7/c1-6-17(2)9-7-11-25(36)32-23(15-20-13-21(30)16-22(31)14-20)27(37)33-26(29(39)40-5)18(3)41-28(38)24-10-8-12-34(24)19(4)35/h7,11,13-14,16-18,23-24,26H,6,8-10,12,15H2,1-5H3,(H,32,36)(H,33,37)/b11-7+/t17?,18-,23-,24?,26-/m0/s1. The summed E-state index contributed by atoms with van der Waals surface area (Å²) in [4.78, 5) is 64.6. The van der Waals surface area contributed by atoms with Gasteiger partial charge in [-0.25, -0.2) is 18.4 Å². The summed E-state index contributed by atoms with van der Waals surface area (Å²) in [6.07, 6.45) is 3.95. The Morgan fingerprint density at radius 1 is 1.10 bits per heavy atom. The normalized spacial score (nSPS) is 17.8. The van der Waals surface area contributed by atoms with E-state index in [0.717, 1.165) is 25.7 Å². The van der Waals surface area contributed by atoms with Crippen LogP contribution in [0.25, 0.3) is 0 Å². The summed E-state index contributed by atoms with van der Waals surface area (Å²) in [6, 6.07) is -0.919. The monoisotopic (exact) mass is 579 g/mol. The number of likely N-dealkylation sites (tertiary alicyclic amines) is 1. The fraction of sp³-hybridized carbons (Fsp3) is 0.552. The maximum absolute atomic E-state index is 13.8. The Morgan fingerprint density at radius 3 is 2.34 bits per heavy atom. The smallest absolute Gasteiger partial charge is 0.332 e. The van der Waals surface area contributed by atoms with Crippen LogP contribution in [-0.2, 0) is 39.9 Å². The quantitative estimate of drug-likeness (QED) is 0.271. The lowest BCUT2D eigenvalue weighted by atomic mass is 10.0. The zero-order valence-electron chi connectivity index (χ0n) is 24.1. The van der Waals surface area contributed by atoms with E-state index in [1.807, 2.05) is 13.8 Å². The Balaban J connectivity index is 2.23. The zero-order valence-corrected chi connectivity index (χ0v) is 24.1. The summed E-state index contributed by atoms with van der Waals surface area (Å²) in [6.45, 7) is 7.14. The van der Waals surface area contributed by atoms with Gasteiger partial charge in [-0.2, -0.15) is 0 Å². The molecule has 3 amide bonds. The number of halogens is 2. The van der Waals surface area contributed by atoms with Gasteiger partial charge in [-0.1, -0.05) is 26.3 Å². The van der Waals surface area contributed by atoms with Crippen molar-refractivity contribution in [1.29, 1.82) is 0 Å². The van der Waals surface area contributed by atoms with Crippen LogP contribution in [0.15, 0.2) is 30.4 Å². The van der Waals surface area contributed by atoms with E-state index in [4.69, 9.17) is 9.47 Å². The highest BCUT2D eigenvalue weighted by Gasteiger charge is 2.38. The second-order valence-electron chi connectivity index (χ2n) is 10.2. The first kappa shape index (κ1) is 33.4. The number of nitrogens with zero attached hydrogens (tertiary/aromatic N) is 1. The van der Waals surface area contributed by atoms with Crippen molar-refractivity contribution in [2.24, 2.45) is 5.92 Å². The number of hydrogen-bond acceptors (Lipinski definition) is 7. The molecule has 0 saturated carbocycles. The van der Waals surface area contributed by atoms with Crippen molar-refractivity contribution >= 4 is 29.7 Å². The van der Waals surface area contributed by atoms with Crippen LogP contribution in [0.1, 0.15) is 58.9 Å². The minimum Gasteiger partial charge on any atom is -0.467 e. The third-order valence-electron chi connectivity index (χ3n) is 6.95. The van der Waals surface area contributed by atoms with Crippen LogP contribution in [0.4, 0.5) is 8.78 Å². The van der Waals surface area contributed by atoms with Crippen molar-refractivity contribution in [1.82, 2.24) is 15.5 Å². The van der Waals surface area contributed by atoms with Crippen molar-refractivity contribution in [3.8, 4) is 0 Å². The van der Waals surface area contributed by atoms with Crippen LogP contribution in [0.5, 0.6) is 0 Å². The maximum Gasteiger partial charge on any atom is 0.332 e. The predicted molar refractivity (Wildman–Crippen MR) is 145 cm³/mol. The van der Waals surface area contributed by atoms with E-state index in [0.29, 0.717) is 37.8 Å². The summed E-state index contributed by atoms with van der Waals surface area (Å²) < 4.78 is 37.9. The number of hydrogen-bond donors (Lipinski definition) is 2. The topological polar surface area (TPSA) is 131 Å². The minimum absolute atomic E-state index is 0.0891. The molecule has 0 bridgehead atoms. The summed E-state index contributed by atoms with van der Waals surface area (Å²) >= 11 is 0. The first-order valence-corrected chi connectivity index (χ1v) is 13.6. The molecule has 1 saturated heterocycles. The lowest BCUT2D eigenvalue weighted by molar-refractivity contribution is -0.163. The molecular formula is C29H39F2N3O7. The molecule has 1 aromatic rings. The number of amides is 3. The molecule has 41 heavy (non-hydrogen) atoms. The van der Waals surface area contributed by atoms with E-state index in [-0.39, 0.29) is 17.9 Å². The Bertz CT molecular complexity index is 1120. The maximum atomic E-state index is 13.8.